The molecule has 0 aromatic heterocycles. The van der Waals surface area contributed by atoms with Gasteiger partial charge >= 0.3 is 17.9 Å². The molecule has 0 radical (unpaired) electrons. The Morgan fingerprint density at radius 1 is 0.278 bits per heavy atom. The third-order valence-corrected chi connectivity index (χ3v) is 13.7. The second kappa shape index (κ2) is 60.7. The monoisotopic (exact) mass is 1010 g/mol. The molecule has 0 aliphatic carbocycles. The molecule has 0 spiro atoms. The van der Waals surface area contributed by atoms with Gasteiger partial charge in [0.15, 0.2) is 6.10 Å². The molecular weight excluding hydrogens is 889 g/mol. The van der Waals surface area contributed by atoms with Gasteiger partial charge in [-0.1, -0.05) is 274 Å². The molecular formula is C66H118O6. The lowest BCUT2D eigenvalue weighted by Crippen LogP contribution is -2.30. The molecule has 0 aromatic rings. The molecule has 0 bridgehead atoms. The number of unbranched alkanes of at least 4 members (excludes halogenated alkanes) is 36. The van der Waals surface area contributed by atoms with Crippen LogP contribution in [-0.2, 0) is 28.6 Å². The van der Waals surface area contributed by atoms with Crippen LogP contribution >= 0.6 is 0 Å². The second-order valence-electron chi connectivity index (χ2n) is 21.0. The molecule has 72 heavy (non-hydrogen) atoms. The third-order valence-electron chi connectivity index (χ3n) is 13.7. The Hall–Kier alpha value is -2.89. The van der Waals surface area contributed by atoms with E-state index < -0.39 is 6.10 Å². The number of carbonyl (C=O) groups excluding carboxylic acids is 3. The van der Waals surface area contributed by atoms with Gasteiger partial charge in [-0.05, 0) is 89.9 Å². The van der Waals surface area contributed by atoms with Crippen LogP contribution in [0.15, 0.2) is 60.8 Å². The first kappa shape index (κ1) is 69.1. The van der Waals surface area contributed by atoms with Crippen LogP contribution in [0.3, 0.4) is 0 Å². The quantitative estimate of drug-likeness (QED) is 0.0261. The summed E-state index contributed by atoms with van der Waals surface area (Å²) in [5, 5.41) is 0. The Morgan fingerprint density at radius 3 is 0.792 bits per heavy atom. The van der Waals surface area contributed by atoms with Crippen molar-refractivity contribution in [2.45, 2.75) is 329 Å². The lowest BCUT2D eigenvalue weighted by Gasteiger charge is -2.18. The molecule has 0 N–H and O–H groups in total. The summed E-state index contributed by atoms with van der Waals surface area (Å²) in [7, 11) is 0. The summed E-state index contributed by atoms with van der Waals surface area (Å²) in [6.45, 7) is 6.62. The van der Waals surface area contributed by atoms with Crippen molar-refractivity contribution in [3.8, 4) is 0 Å². The number of carbonyl (C=O) groups is 3. The van der Waals surface area contributed by atoms with Crippen LogP contribution in [0.2, 0.25) is 0 Å². The lowest BCUT2D eigenvalue weighted by molar-refractivity contribution is -0.167. The van der Waals surface area contributed by atoms with Crippen LogP contribution in [0.1, 0.15) is 323 Å². The van der Waals surface area contributed by atoms with Crippen molar-refractivity contribution in [3.63, 3.8) is 0 Å². The minimum Gasteiger partial charge on any atom is -0.462 e. The number of hydrogen-bond acceptors (Lipinski definition) is 6. The third kappa shape index (κ3) is 58.0. The zero-order valence-corrected chi connectivity index (χ0v) is 47.9. The van der Waals surface area contributed by atoms with Gasteiger partial charge in [0, 0.05) is 19.3 Å². The number of hydrogen-bond donors (Lipinski definition) is 0. The maximum absolute atomic E-state index is 12.9. The molecule has 0 amide bonds. The van der Waals surface area contributed by atoms with E-state index in [1.807, 2.05) is 0 Å². The molecule has 6 nitrogen and oxygen atoms in total. The predicted molar refractivity (Wildman–Crippen MR) is 312 cm³/mol. The zero-order valence-electron chi connectivity index (χ0n) is 47.9. The van der Waals surface area contributed by atoms with Gasteiger partial charge in [-0.3, -0.25) is 14.4 Å². The van der Waals surface area contributed by atoms with Gasteiger partial charge in [0.1, 0.15) is 13.2 Å². The van der Waals surface area contributed by atoms with E-state index in [9.17, 15) is 14.4 Å². The predicted octanol–water partition coefficient (Wildman–Crippen LogP) is 21.2. The van der Waals surface area contributed by atoms with Crippen molar-refractivity contribution in [1.29, 1.82) is 0 Å². The van der Waals surface area contributed by atoms with E-state index in [2.05, 4.69) is 81.5 Å². The highest BCUT2D eigenvalue weighted by Crippen LogP contribution is 2.16. The van der Waals surface area contributed by atoms with Crippen LogP contribution < -0.4 is 0 Å². The normalized spacial score (nSPS) is 12.4. The van der Waals surface area contributed by atoms with Crippen molar-refractivity contribution in [2.24, 2.45) is 0 Å². The van der Waals surface area contributed by atoms with Gasteiger partial charge in [-0.25, -0.2) is 0 Å². The number of allylic oxidation sites excluding steroid dienone is 10. The van der Waals surface area contributed by atoms with Gasteiger partial charge in [0.2, 0.25) is 0 Å². The molecule has 0 heterocycles. The number of esters is 3. The molecule has 0 aliphatic heterocycles. The van der Waals surface area contributed by atoms with Gasteiger partial charge < -0.3 is 14.2 Å². The lowest BCUT2D eigenvalue weighted by atomic mass is 10.0. The highest BCUT2D eigenvalue weighted by molar-refractivity contribution is 5.71. The van der Waals surface area contributed by atoms with Crippen LogP contribution in [0.4, 0.5) is 0 Å². The molecule has 0 saturated carbocycles. The van der Waals surface area contributed by atoms with E-state index in [1.54, 1.807) is 0 Å². The van der Waals surface area contributed by atoms with Crippen LogP contribution in [0, 0.1) is 0 Å². The fraction of sp³-hybridized carbons (Fsp3) is 0.803. The molecule has 0 fully saturated rings. The average Bonchev–Trinajstić information content (AvgIpc) is 3.38. The van der Waals surface area contributed by atoms with Crippen LogP contribution in [-0.4, -0.2) is 37.2 Å². The Balaban J connectivity index is 4.19. The summed E-state index contributed by atoms with van der Waals surface area (Å²) >= 11 is 0. The van der Waals surface area contributed by atoms with Crippen molar-refractivity contribution in [3.05, 3.63) is 60.8 Å². The van der Waals surface area contributed by atoms with Crippen molar-refractivity contribution < 1.29 is 28.6 Å². The maximum atomic E-state index is 12.9. The second-order valence-corrected chi connectivity index (χ2v) is 21.0. The standard InChI is InChI=1S/C66H118O6/c1-4-7-10-13-16-19-21-23-25-27-29-30-31-32-33-34-35-36-37-39-40-42-44-47-50-53-56-59-65(68)71-62-63(61-70-64(67)58-55-52-49-46-18-15-12-9-6-3)72-66(69)60-57-54-51-48-45-43-41-38-28-26-24-22-20-17-14-11-8-5-2/h20-23,26-29,31-32,63H,4-19,24-25,30,33-62H2,1-3H3/b22-20-,23-21-,28-26-,29-27-,32-31-. The van der Waals surface area contributed by atoms with E-state index in [1.165, 1.54) is 199 Å². The Kier molecular flexibility index (Phi) is 58.2. The van der Waals surface area contributed by atoms with Gasteiger partial charge in [-0.15, -0.1) is 0 Å². The van der Waals surface area contributed by atoms with Crippen molar-refractivity contribution >= 4 is 17.9 Å². The Labute approximate surface area is 447 Å². The molecule has 1 atom stereocenters. The summed E-state index contributed by atoms with van der Waals surface area (Å²) < 4.78 is 16.9. The Bertz CT molecular complexity index is 1290. The van der Waals surface area contributed by atoms with Crippen molar-refractivity contribution in [1.82, 2.24) is 0 Å². The van der Waals surface area contributed by atoms with Crippen molar-refractivity contribution in [2.75, 3.05) is 13.2 Å². The van der Waals surface area contributed by atoms with E-state index >= 15 is 0 Å². The molecule has 0 saturated heterocycles. The average molecular weight is 1010 g/mol. The maximum Gasteiger partial charge on any atom is 0.306 e. The van der Waals surface area contributed by atoms with E-state index in [0.29, 0.717) is 19.3 Å². The van der Waals surface area contributed by atoms with E-state index in [0.717, 1.165) is 83.5 Å². The molecule has 0 aromatic carbocycles. The first-order valence-electron chi connectivity index (χ1n) is 31.3. The molecule has 418 valence electrons. The minimum absolute atomic E-state index is 0.0752. The van der Waals surface area contributed by atoms with Crippen LogP contribution in [0.5, 0.6) is 0 Å². The zero-order chi connectivity index (χ0) is 52.2. The molecule has 6 heteroatoms. The summed E-state index contributed by atoms with van der Waals surface area (Å²) in [4.78, 5) is 38.1. The number of ether oxygens (including phenoxy) is 3. The first-order valence-corrected chi connectivity index (χ1v) is 31.3. The van der Waals surface area contributed by atoms with Gasteiger partial charge in [0.25, 0.3) is 0 Å². The van der Waals surface area contributed by atoms with Crippen LogP contribution in [0.25, 0.3) is 0 Å². The summed E-state index contributed by atoms with van der Waals surface area (Å²) in [5.74, 6) is -0.874. The fourth-order valence-electron chi connectivity index (χ4n) is 9.01. The van der Waals surface area contributed by atoms with Gasteiger partial charge in [-0.2, -0.15) is 0 Å². The topological polar surface area (TPSA) is 78.9 Å². The first-order chi connectivity index (χ1) is 35.5. The summed E-state index contributed by atoms with van der Waals surface area (Å²) in [6.07, 6.45) is 76.6. The molecule has 0 rings (SSSR count). The van der Waals surface area contributed by atoms with E-state index in [4.69, 9.17) is 14.2 Å². The smallest absolute Gasteiger partial charge is 0.306 e. The minimum atomic E-state index is -0.777. The molecule has 0 aliphatic rings. The van der Waals surface area contributed by atoms with Gasteiger partial charge in [0.05, 0.1) is 0 Å². The Morgan fingerprint density at radius 2 is 0.500 bits per heavy atom. The SMILES string of the molecule is CCCCCC/C=C\C/C=C\CCCCCCCCCC(=O)OC(COC(=O)CCCCCCCCCCC)COC(=O)CCCCCCCCCCCCCC/C=C\C/C=C\C/C=C\CCCCCCC. The highest BCUT2D eigenvalue weighted by Gasteiger charge is 2.19. The highest BCUT2D eigenvalue weighted by atomic mass is 16.6. The largest absolute Gasteiger partial charge is 0.462 e. The summed E-state index contributed by atoms with van der Waals surface area (Å²) in [5.41, 5.74) is 0. The number of rotatable bonds is 57. The summed E-state index contributed by atoms with van der Waals surface area (Å²) in [6, 6.07) is 0. The van der Waals surface area contributed by atoms with E-state index in [-0.39, 0.29) is 31.1 Å². The fourth-order valence-corrected chi connectivity index (χ4v) is 9.01. The molecule has 1 unspecified atom stereocenters.